The van der Waals surface area contributed by atoms with Crippen LogP contribution in [0.15, 0.2) is 41.2 Å². The van der Waals surface area contributed by atoms with Gasteiger partial charge in [-0.15, -0.1) is 0 Å². The number of fused-ring (bicyclic) bond motifs is 1. The minimum absolute atomic E-state index is 0.0270. The van der Waals surface area contributed by atoms with Gasteiger partial charge in [0.05, 0.1) is 5.52 Å². The van der Waals surface area contributed by atoms with Crippen molar-refractivity contribution in [2.75, 3.05) is 11.4 Å². The summed E-state index contributed by atoms with van der Waals surface area (Å²) in [4.78, 5) is 18.2. The second-order valence-corrected chi connectivity index (χ2v) is 7.78. The van der Waals surface area contributed by atoms with E-state index in [1.54, 1.807) is 0 Å². The molecule has 4 nitrogen and oxygen atoms in total. The summed E-state index contributed by atoms with van der Waals surface area (Å²) in [5.74, 6) is 1.72. The molecular formula is C22H13F8N3O. The number of hydrogen-bond acceptors (Lipinski definition) is 3. The summed E-state index contributed by atoms with van der Waals surface area (Å²) in [5.41, 5.74) is -4.09. The van der Waals surface area contributed by atoms with Crippen molar-refractivity contribution in [3.05, 3.63) is 64.1 Å². The Kier molecular flexibility index (Phi) is 5.54. The van der Waals surface area contributed by atoms with E-state index in [0.29, 0.717) is 11.0 Å². The molecule has 3 aromatic rings. The third kappa shape index (κ3) is 4.83. The van der Waals surface area contributed by atoms with E-state index in [9.17, 15) is 39.9 Å². The van der Waals surface area contributed by atoms with Crippen molar-refractivity contribution >= 4 is 22.4 Å². The van der Waals surface area contributed by atoms with Crippen LogP contribution in [0.3, 0.4) is 0 Å². The highest BCUT2D eigenvalue weighted by molar-refractivity contribution is 5.91. The first kappa shape index (κ1) is 23.5. The van der Waals surface area contributed by atoms with Crippen LogP contribution in [0.4, 0.5) is 46.6 Å². The maximum Gasteiger partial charge on any atom is 0.406 e. The Hall–Kier alpha value is -3.62. The lowest BCUT2D eigenvalue weighted by Gasteiger charge is -2.26. The molecule has 1 fully saturated rings. The van der Waals surface area contributed by atoms with Gasteiger partial charge in [0, 0.05) is 16.6 Å². The number of alkyl halides is 6. The second-order valence-electron chi connectivity index (χ2n) is 7.78. The Bertz CT molecular complexity index is 1380. The predicted molar refractivity (Wildman–Crippen MR) is 106 cm³/mol. The van der Waals surface area contributed by atoms with Crippen molar-refractivity contribution in [2.24, 2.45) is 5.41 Å². The quantitative estimate of drug-likeness (QED) is 0.387. The van der Waals surface area contributed by atoms with Crippen molar-refractivity contribution in [1.29, 1.82) is 0 Å². The summed E-state index contributed by atoms with van der Waals surface area (Å²) in [6, 6.07) is 5.34. The Morgan fingerprint density at radius 1 is 1.00 bits per heavy atom. The van der Waals surface area contributed by atoms with Gasteiger partial charge >= 0.3 is 18.0 Å². The van der Waals surface area contributed by atoms with Crippen LogP contribution in [0, 0.1) is 28.9 Å². The summed E-state index contributed by atoms with van der Waals surface area (Å²) < 4.78 is 108. The average molecular weight is 487 g/mol. The molecule has 1 N–H and O–H groups in total. The summed E-state index contributed by atoms with van der Waals surface area (Å²) in [7, 11) is 0. The van der Waals surface area contributed by atoms with Crippen molar-refractivity contribution in [2.45, 2.75) is 25.2 Å². The van der Waals surface area contributed by atoms with E-state index >= 15 is 0 Å². The van der Waals surface area contributed by atoms with Crippen molar-refractivity contribution in [3.63, 3.8) is 0 Å². The first-order chi connectivity index (χ1) is 15.8. The van der Waals surface area contributed by atoms with Crippen LogP contribution in [-0.2, 0) is 0 Å². The molecule has 1 saturated carbocycles. The molecule has 0 amide bonds. The number of nitrogens with one attached hydrogen (secondary N) is 1. The van der Waals surface area contributed by atoms with Crippen LogP contribution in [-0.4, -0.2) is 28.9 Å². The monoisotopic (exact) mass is 487 g/mol. The van der Waals surface area contributed by atoms with Crippen LogP contribution < -0.4 is 10.6 Å². The number of nitrogens with zero attached hydrogens (tertiary/aromatic N) is 2. The number of aromatic nitrogens is 2. The van der Waals surface area contributed by atoms with E-state index in [2.05, 4.69) is 21.8 Å². The lowest BCUT2D eigenvalue weighted by atomic mass is 10.1. The van der Waals surface area contributed by atoms with Gasteiger partial charge in [0.2, 0.25) is 0 Å². The number of H-pyrrole nitrogens is 1. The fourth-order valence-electron chi connectivity index (χ4n) is 3.38. The molecule has 1 heterocycles. The molecule has 0 atom stereocenters. The van der Waals surface area contributed by atoms with Crippen molar-refractivity contribution < 1.29 is 35.1 Å². The fraction of sp³-hybridized carbons (Fsp3) is 0.273. The van der Waals surface area contributed by atoms with Crippen LogP contribution in [0.2, 0.25) is 0 Å². The summed E-state index contributed by atoms with van der Waals surface area (Å²) in [6.07, 6.45) is -9.95. The normalized spacial score (nSPS) is 15.1. The van der Waals surface area contributed by atoms with Gasteiger partial charge in [0.1, 0.15) is 29.4 Å². The van der Waals surface area contributed by atoms with E-state index in [1.807, 2.05) is 0 Å². The van der Waals surface area contributed by atoms with Crippen molar-refractivity contribution in [1.82, 2.24) is 9.97 Å². The average Bonchev–Trinajstić information content (AvgIpc) is 3.51. The molecule has 0 spiro atoms. The van der Waals surface area contributed by atoms with E-state index in [-0.39, 0.29) is 29.3 Å². The minimum atomic E-state index is -4.88. The molecule has 0 bridgehead atoms. The summed E-state index contributed by atoms with van der Waals surface area (Å²) >= 11 is 0. The Morgan fingerprint density at radius 3 is 2.32 bits per heavy atom. The first-order valence-corrected chi connectivity index (χ1v) is 9.71. The number of halogens is 8. The highest BCUT2D eigenvalue weighted by atomic mass is 19.4. The van der Waals surface area contributed by atoms with Gasteiger partial charge in [-0.1, -0.05) is 11.8 Å². The molecule has 34 heavy (non-hydrogen) atoms. The van der Waals surface area contributed by atoms with Crippen LogP contribution >= 0.6 is 0 Å². The van der Waals surface area contributed by atoms with Gasteiger partial charge in [-0.05, 0) is 49.2 Å². The molecular weight excluding hydrogens is 474 g/mol. The van der Waals surface area contributed by atoms with Gasteiger partial charge in [-0.25, -0.2) is 13.6 Å². The molecule has 0 radical (unpaired) electrons. The van der Waals surface area contributed by atoms with Crippen LogP contribution in [0.5, 0.6) is 0 Å². The Labute approximate surface area is 186 Å². The number of benzene rings is 2. The predicted octanol–water partition coefficient (Wildman–Crippen LogP) is 5.60. The molecule has 0 aliphatic heterocycles. The third-order valence-electron chi connectivity index (χ3n) is 5.20. The zero-order valence-corrected chi connectivity index (χ0v) is 16.9. The fourth-order valence-corrected chi connectivity index (χ4v) is 3.38. The zero-order valence-electron chi connectivity index (χ0n) is 16.9. The van der Waals surface area contributed by atoms with Crippen molar-refractivity contribution in [3.8, 4) is 11.8 Å². The molecule has 12 heteroatoms. The number of aromatic amines is 1. The maximum absolute atomic E-state index is 14.3. The van der Waals surface area contributed by atoms with Gasteiger partial charge in [0.25, 0.3) is 0 Å². The van der Waals surface area contributed by atoms with E-state index in [4.69, 9.17) is 0 Å². The van der Waals surface area contributed by atoms with Gasteiger partial charge in [-0.3, -0.25) is 0 Å². The standard InChI is InChI=1S/C22H13F8N3O/c23-13-1-2-17-16(10-13)18(32-19(34)31-17)33(11-21(25,26)27)15-8-12(7-14(24)9-15)3-4-20(5-6-20)22(28,29)30/h1-2,7-10H,5-6,11H2,(H,31,32,34). The number of rotatable bonds is 3. The first-order valence-electron chi connectivity index (χ1n) is 9.71. The van der Waals surface area contributed by atoms with Crippen LogP contribution in [0.1, 0.15) is 18.4 Å². The molecule has 2 aromatic carbocycles. The highest BCUT2D eigenvalue weighted by Crippen LogP contribution is 2.57. The SMILES string of the molecule is O=c1nc(N(CC(F)(F)F)c2cc(F)cc(C#CC3(C(F)(F)F)CC3)c2)c2cc(F)ccc2[nH]1. The largest absolute Gasteiger partial charge is 0.406 e. The molecule has 1 aliphatic rings. The Balaban J connectivity index is 1.87. The molecule has 1 aliphatic carbocycles. The maximum atomic E-state index is 14.3. The smallest absolute Gasteiger partial charge is 0.316 e. The Morgan fingerprint density at radius 2 is 1.71 bits per heavy atom. The summed E-state index contributed by atoms with van der Waals surface area (Å²) in [5, 5.41) is -0.199. The topological polar surface area (TPSA) is 49.0 Å². The van der Waals surface area contributed by atoms with Gasteiger partial charge in [-0.2, -0.15) is 31.3 Å². The van der Waals surface area contributed by atoms with Gasteiger partial charge in [0.15, 0.2) is 0 Å². The number of hydrogen-bond donors (Lipinski definition) is 1. The molecule has 178 valence electrons. The minimum Gasteiger partial charge on any atom is -0.316 e. The van der Waals surface area contributed by atoms with E-state index in [1.165, 1.54) is 0 Å². The molecule has 0 unspecified atom stereocenters. The van der Waals surface area contributed by atoms with Gasteiger partial charge < -0.3 is 9.88 Å². The zero-order chi connectivity index (χ0) is 24.9. The third-order valence-corrected chi connectivity index (χ3v) is 5.20. The van der Waals surface area contributed by atoms with E-state index < -0.39 is 53.1 Å². The van der Waals surface area contributed by atoms with Crippen LogP contribution in [0.25, 0.3) is 10.9 Å². The number of anilines is 2. The lowest BCUT2D eigenvalue weighted by molar-refractivity contribution is -0.168. The second kappa shape index (κ2) is 8.00. The lowest BCUT2D eigenvalue weighted by Crippen LogP contribution is -2.32. The molecule has 4 rings (SSSR count). The highest BCUT2D eigenvalue weighted by Gasteiger charge is 2.62. The van der Waals surface area contributed by atoms with E-state index in [0.717, 1.165) is 30.3 Å². The summed E-state index contributed by atoms with van der Waals surface area (Å²) in [6.45, 7) is -1.75. The molecule has 1 aromatic heterocycles. The molecule has 0 saturated heterocycles.